The van der Waals surface area contributed by atoms with E-state index < -0.39 is 26.9 Å². The van der Waals surface area contributed by atoms with E-state index in [0.29, 0.717) is 37.4 Å². The van der Waals surface area contributed by atoms with Crippen LogP contribution in [0.25, 0.3) is 0 Å². The number of halogens is 2. The van der Waals surface area contributed by atoms with Crippen LogP contribution < -0.4 is 4.90 Å². The summed E-state index contributed by atoms with van der Waals surface area (Å²) < 4.78 is 61.0. The molecule has 10 heteroatoms. The summed E-state index contributed by atoms with van der Waals surface area (Å²) in [7, 11) is -3.57. The molecule has 1 aromatic heterocycles. The van der Waals surface area contributed by atoms with E-state index in [1.165, 1.54) is 22.9 Å². The van der Waals surface area contributed by atoms with Gasteiger partial charge in [0.2, 0.25) is 10.0 Å². The molecule has 5 atom stereocenters. The fraction of sp³-hybridized carbons (Fsp3) is 0.680. The van der Waals surface area contributed by atoms with Crippen molar-refractivity contribution >= 4 is 15.7 Å². The van der Waals surface area contributed by atoms with Gasteiger partial charge < -0.3 is 9.47 Å². The highest BCUT2D eigenvalue weighted by atomic mass is 32.2. The van der Waals surface area contributed by atoms with Crippen LogP contribution in [0.5, 0.6) is 0 Å². The molecule has 4 fully saturated rings. The predicted molar refractivity (Wildman–Crippen MR) is 128 cm³/mol. The average Bonchev–Trinajstić information content (AvgIpc) is 3.21. The van der Waals surface area contributed by atoms with Crippen molar-refractivity contribution in [2.75, 3.05) is 18.0 Å². The normalized spacial score (nSPS) is 33.1. The summed E-state index contributed by atoms with van der Waals surface area (Å²) >= 11 is 0. The van der Waals surface area contributed by atoms with Gasteiger partial charge in [-0.15, -0.1) is 10.2 Å². The van der Waals surface area contributed by atoms with Gasteiger partial charge in [-0.1, -0.05) is 19.3 Å². The monoisotopic (exact) mass is 505 g/mol. The fourth-order valence-corrected chi connectivity index (χ4v) is 9.43. The van der Waals surface area contributed by atoms with Crippen LogP contribution in [-0.2, 0) is 16.6 Å². The number of nitrogens with zero attached hydrogens (tertiary/aromatic N) is 5. The lowest BCUT2D eigenvalue weighted by Gasteiger charge is -2.41. The Morgan fingerprint density at radius 1 is 0.943 bits per heavy atom. The third kappa shape index (κ3) is 4.06. The molecular formula is C25H33F2N5O2S. The van der Waals surface area contributed by atoms with Crippen molar-refractivity contribution in [1.29, 1.82) is 0 Å². The van der Waals surface area contributed by atoms with Gasteiger partial charge in [0, 0.05) is 55.2 Å². The number of hydrogen-bond acceptors (Lipinski definition) is 5. The summed E-state index contributed by atoms with van der Waals surface area (Å²) in [6.07, 6.45) is 10.0. The van der Waals surface area contributed by atoms with E-state index in [1.807, 2.05) is 16.4 Å². The lowest BCUT2D eigenvalue weighted by Crippen LogP contribution is -2.50. The first-order valence-corrected chi connectivity index (χ1v) is 14.4. The average molecular weight is 506 g/mol. The van der Waals surface area contributed by atoms with Crippen molar-refractivity contribution < 1.29 is 17.2 Å². The van der Waals surface area contributed by atoms with Gasteiger partial charge in [0.15, 0.2) is 0 Å². The number of aromatic nitrogens is 3. The molecule has 35 heavy (non-hydrogen) atoms. The summed E-state index contributed by atoms with van der Waals surface area (Å²) in [5, 5.41) is 7.32. The fourth-order valence-electron chi connectivity index (χ4n) is 6.96. The highest BCUT2D eigenvalue weighted by Gasteiger charge is 2.57. The molecule has 2 aromatic rings. The van der Waals surface area contributed by atoms with Crippen molar-refractivity contribution in [1.82, 2.24) is 19.1 Å². The Morgan fingerprint density at radius 2 is 1.63 bits per heavy atom. The molecular weight excluding hydrogens is 472 g/mol. The van der Waals surface area contributed by atoms with Crippen LogP contribution >= 0.6 is 0 Å². The summed E-state index contributed by atoms with van der Waals surface area (Å²) in [5.41, 5.74) is 0.369. The summed E-state index contributed by atoms with van der Waals surface area (Å²) in [6.45, 7) is 3.07. The SMILES string of the molecule is C[C@H]1CCC(C2CCCCC2)S(=O)(=O)N1Cc1cc(F)c(N2C[C@@H]3C(n4cnnc4)[C@@H]3C2)cc1F. The molecule has 190 valence electrons. The lowest BCUT2D eigenvalue weighted by molar-refractivity contribution is 0.241. The molecule has 2 aliphatic carbocycles. The number of rotatable bonds is 5. The quantitative estimate of drug-likeness (QED) is 0.611. The Bertz CT molecular complexity index is 1170. The first-order valence-electron chi connectivity index (χ1n) is 12.9. The van der Waals surface area contributed by atoms with E-state index in [4.69, 9.17) is 0 Å². The zero-order chi connectivity index (χ0) is 24.3. The number of benzene rings is 1. The van der Waals surface area contributed by atoms with Gasteiger partial charge in [-0.25, -0.2) is 17.2 Å². The van der Waals surface area contributed by atoms with E-state index >= 15 is 8.78 Å². The lowest BCUT2D eigenvalue weighted by atomic mass is 9.85. The second kappa shape index (κ2) is 8.80. The minimum atomic E-state index is -3.57. The summed E-state index contributed by atoms with van der Waals surface area (Å²) in [4.78, 5) is 1.90. The number of piperidine rings is 1. The number of hydrogen-bond donors (Lipinski definition) is 0. The Hall–Kier alpha value is -2.07. The first-order chi connectivity index (χ1) is 16.8. The van der Waals surface area contributed by atoms with Crippen LogP contribution in [-0.4, -0.2) is 51.9 Å². The van der Waals surface area contributed by atoms with Crippen molar-refractivity contribution in [2.24, 2.45) is 17.8 Å². The zero-order valence-electron chi connectivity index (χ0n) is 20.1. The van der Waals surface area contributed by atoms with Crippen LogP contribution in [0.15, 0.2) is 24.8 Å². The Balaban J connectivity index is 1.18. The van der Waals surface area contributed by atoms with Crippen LogP contribution in [0.3, 0.4) is 0 Å². The maximum Gasteiger partial charge on any atom is 0.217 e. The maximum absolute atomic E-state index is 15.2. The van der Waals surface area contributed by atoms with Crippen LogP contribution in [0.4, 0.5) is 14.5 Å². The molecule has 0 amide bonds. The Kier molecular flexibility index (Phi) is 5.86. The minimum Gasteiger partial charge on any atom is -0.368 e. The van der Waals surface area contributed by atoms with E-state index in [9.17, 15) is 8.42 Å². The van der Waals surface area contributed by atoms with Gasteiger partial charge in [-0.2, -0.15) is 4.31 Å². The molecule has 0 radical (unpaired) electrons. The first kappa shape index (κ1) is 23.3. The number of anilines is 1. The molecule has 2 aliphatic heterocycles. The molecule has 4 aliphatic rings. The van der Waals surface area contributed by atoms with E-state index in [0.717, 1.165) is 32.1 Å². The predicted octanol–water partition coefficient (Wildman–Crippen LogP) is 4.13. The molecule has 2 unspecified atom stereocenters. The van der Waals surface area contributed by atoms with E-state index in [2.05, 4.69) is 10.2 Å². The van der Waals surface area contributed by atoms with Crippen LogP contribution in [0, 0.1) is 29.4 Å². The summed E-state index contributed by atoms with van der Waals surface area (Å²) in [6, 6.07) is 2.57. The Labute approximate surface area is 205 Å². The third-order valence-corrected chi connectivity index (χ3v) is 11.5. The standard InChI is InChI=1S/C25H33F2N5O2S/c1-16-7-8-24(17-5-3-2-4-6-17)35(33,34)32(16)11-18-9-22(27)23(10-21(18)26)30-12-19-20(13-30)25(19)31-14-28-29-15-31/h9-10,14-17,19-20,24-25H,2-8,11-13H2,1H3/t16-,19-,20+,24?,25?/m0/s1. The summed E-state index contributed by atoms with van der Waals surface area (Å²) in [5.74, 6) is -0.0985. The smallest absolute Gasteiger partial charge is 0.217 e. The molecule has 1 aromatic carbocycles. The van der Waals surface area contributed by atoms with Gasteiger partial charge in [-0.3, -0.25) is 0 Å². The van der Waals surface area contributed by atoms with Crippen molar-refractivity contribution in [3.8, 4) is 0 Å². The van der Waals surface area contributed by atoms with Gasteiger partial charge in [-0.05, 0) is 44.6 Å². The molecule has 2 saturated carbocycles. The highest BCUT2D eigenvalue weighted by Crippen LogP contribution is 2.56. The molecule has 7 nitrogen and oxygen atoms in total. The minimum absolute atomic E-state index is 0.109. The van der Waals surface area contributed by atoms with Crippen molar-refractivity contribution in [2.45, 2.75) is 75.7 Å². The topological polar surface area (TPSA) is 71.3 Å². The molecule has 0 spiro atoms. The zero-order valence-corrected chi connectivity index (χ0v) is 20.9. The van der Waals surface area contributed by atoms with Crippen LogP contribution in [0.2, 0.25) is 0 Å². The van der Waals surface area contributed by atoms with Gasteiger partial charge in [0.1, 0.15) is 24.3 Å². The van der Waals surface area contributed by atoms with Gasteiger partial charge in [0.25, 0.3) is 0 Å². The largest absolute Gasteiger partial charge is 0.368 e. The van der Waals surface area contributed by atoms with Gasteiger partial charge in [0.05, 0.1) is 10.9 Å². The second-order valence-corrected chi connectivity index (χ2v) is 13.1. The Morgan fingerprint density at radius 3 is 2.31 bits per heavy atom. The molecule has 2 saturated heterocycles. The molecule has 3 heterocycles. The van der Waals surface area contributed by atoms with Crippen molar-refractivity contribution in [3.63, 3.8) is 0 Å². The number of fused-ring (bicyclic) bond motifs is 1. The highest BCUT2D eigenvalue weighted by molar-refractivity contribution is 7.89. The molecule has 6 rings (SSSR count). The molecule has 0 bridgehead atoms. The second-order valence-electron chi connectivity index (χ2n) is 11.0. The number of sulfonamides is 1. The third-order valence-electron chi connectivity index (χ3n) is 8.96. The van der Waals surface area contributed by atoms with Gasteiger partial charge >= 0.3 is 0 Å². The van der Waals surface area contributed by atoms with Crippen LogP contribution in [0.1, 0.15) is 63.5 Å². The van der Waals surface area contributed by atoms with E-state index in [-0.39, 0.29) is 29.8 Å². The maximum atomic E-state index is 15.2. The molecule has 0 N–H and O–H groups in total. The van der Waals surface area contributed by atoms with E-state index in [1.54, 1.807) is 12.7 Å². The van der Waals surface area contributed by atoms with Crippen molar-refractivity contribution in [3.05, 3.63) is 42.0 Å².